The summed E-state index contributed by atoms with van der Waals surface area (Å²) in [5.41, 5.74) is 20.4. The molecule has 0 rings (SSSR count). The molecule has 0 aliphatic carbocycles. The van der Waals surface area contributed by atoms with E-state index < -0.39 is 47.5 Å². The summed E-state index contributed by atoms with van der Waals surface area (Å²) in [4.78, 5) is 68.8. The number of rotatable bonds is 17. The van der Waals surface area contributed by atoms with Crippen molar-refractivity contribution in [3.63, 3.8) is 0 Å². The monoisotopic (exact) mass is 530 g/mol. The summed E-state index contributed by atoms with van der Waals surface area (Å²) >= 11 is 0. The van der Waals surface area contributed by atoms with Gasteiger partial charge in [0.1, 0.15) is 12.1 Å². The zero-order chi connectivity index (χ0) is 24.5. The van der Waals surface area contributed by atoms with Crippen LogP contribution in [0.2, 0.25) is 0 Å². The number of hydrogen-bond donors (Lipinski definition) is 8. The molecule has 0 aliphatic heterocycles. The Morgan fingerprint density at radius 1 is 0.656 bits per heavy atom. The van der Waals surface area contributed by atoms with Crippen LogP contribution in [0.15, 0.2) is 0 Å². The minimum atomic E-state index is -0.940. The zero-order valence-corrected chi connectivity index (χ0v) is 20.1. The molecule has 18 heteroatoms. The van der Waals surface area contributed by atoms with Gasteiger partial charge >= 0.3 is 0 Å². The molecule has 0 fully saturated rings. The molecule has 0 saturated carbocycles. The predicted octanol–water partition coefficient (Wildman–Crippen LogP) is -4.25. The third kappa shape index (κ3) is 15.0. The Labute approximate surface area is 199 Å². The van der Waals surface area contributed by atoms with Crippen molar-refractivity contribution in [3.8, 4) is 0 Å². The van der Waals surface area contributed by atoms with Gasteiger partial charge in [-0.1, -0.05) is 21.6 Å². The number of nitrogens with two attached hydrogens (primary N) is 4. The van der Waals surface area contributed by atoms with E-state index in [1.165, 1.54) is 41.2 Å². The van der Waals surface area contributed by atoms with Crippen molar-refractivity contribution in [1.82, 2.24) is 21.3 Å². The molecule has 12 N–H and O–H groups in total. The standard InChI is InChI=1S/C14H26N8O6S4/c15-1-11(25)21-7(13(27)19-3-9(17)23)5-29-31-32-30-6-8(22-12(26)2-16)14(28)20-4-10(18)24/h7-8H,1-6,15-16H2,(H2,17,23)(H2,18,24)(H,19,27)(H,20,28)(H,21,25)(H,22,26)/t7-,8-/m0/s1. The third-order valence-electron chi connectivity index (χ3n) is 3.14. The average Bonchev–Trinajstić information content (AvgIpc) is 2.75. The van der Waals surface area contributed by atoms with Crippen molar-refractivity contribution in [1.29, 1.82) is 0 Å². The number of hydrogen-bond acceptors (Lipinski definition) is 12. The Balaban J connectivity index is 4.53. The summed E-state index contributed by atoms with van der Waals surface area (Å²) in [5, 5.41) is 9.48. The zero-order valence-electron chi connectivity index (χ0n) is 16.8. The number of amides is 6. The van der Waals surface area contributed by atoms with Crippen LogP contribution in [0.25, 0.3) is 0 Å². The molecular weight excluding hydrogens is 504 g/mol. The maximum Gasteiger partial charge on any atom is 0.243 e. The minimum Gasteiger partial charge on any atom is -0.368 e. The fourth-order valence-electron chi connectivity index (χ4n) is 1.70. The van der Waals surface area contributed by atoms with Crippen molar-refractivity contribution >= 4 is 76.7 Å². The first-order valence-electron chi connectivity index (χ1n) is 8.79. The molecule has 0 radical (unpaired) electrons. The summed E-state index contributed by atoms with van der Waals surface area (Å²) < 4.78 is 0. The van der Waals surface area contributed by atoms with E-state index in [1.807, 2.05) is 0 Å². The van der Waals surface area contributed by atoms with Crippen molar-refractivity contribution < 1.29 is 28.8 Å². The maximum atomic E-state index is 12.1. The molecule has 0 aromatic carbocycles. The van der Waals surface area contributed by atoms with Crippen LogP contribution in [0.4, 0.5) is 0 Å². The van der Waals surface area contributed by atoms with Crippen molar-refractivity contribution in [2.45, 2.75) is 12.1 Å². The molecule has 0 aromatic heterocycles. The van der Waals surface area contributed by atoms with Crippen molar-refractivity contribution in [3.05, 3.63) is 0 Å². The molecule has 182 valence electrons. The second kappa shape index (κ2) is 17.7. The van der Waals surface area contributed by atoms with Crippen LogP contribution in [-0.2, 0) is 28.8 Å². The molecule has 0 aliphatic rings. The molecule has 6 amide bonds. The van der Waals surface area contributed by atoms with Crippen molar-refractivity contribution in [2.75, 3.05) is 37.7 Å². The second-order valence-electron chi connectivity index (χ2n) is 5.72. The number of carbonyl (C=O) groups is 6. The van der Waals surface area contributed by atoms with Crippen LogP contribution in [0.5, 0.6) is 0 Å². The van der Waals surface area contributed by atoms with Crippen LogP contribution >= 0.6 is 41.2 Å². The molecule has 0 saturated heterocycles. The van der Waals surface area contributed by atoms with Gasteiger partial charge in [0.2, 0.25) is 35.4 Å². The van der Waals surface area contributed by atoms with Crippen LogP contribution in [0.1, 0.15) is 0 Å². The molecule has 0 heterocycles. The first-order valence-corrected chi connectivity index (χ1v) is 13.9. The van der Waals surface area contributed by atoms with E-state index in [2.05, 4.69) is 21.3 Å². The largest absolute Gasteiger partial charge is 0.368 e. The lowest BCUT2D eigenvalue weighted by Crippen LogP contribution is -2.51. The van der Waals surface area contributed by atoms with Gasteiger partial charge in [-0.15, -0.1) is 0 Å². The van der Waals surface area contributed by atoms with E-state index in [1.54, 1.807) is 0 Å². The van der Waals surface area contributed by atoms with Gasteiger partial charge in [0.15, 0.2) is 0 Å². The topological polar surface area (TPSA) is 255 Å². The lowest BCUT2D eigenvalue weighted by Gasteiger charge is -2.18. The Kier molecular flexibility index (Phi) is 16.6. The van der Waals surface area contributed by atoms with Crippen LogP contribution in [0, 0.1) is 0 Å². The van der Waals surface area contributed by atoms with E-state index in [9.17, 15) is 28.8 Å². The minimum absolute atomic E-state index is 0.154. The molecule has 32 heavy (non-hydrogen) atoms. The number of nitrogens with one attached hydrogen (secondary N) is 4. The highest BCUT2D eigenvalue weighted by Crippen LogP contribution is 2.43. The third-order valence-corrected chi connectivity index (χ3v) is 9.62. The second-order valence-corrected chi connectivity index (χ2v) is 11.8. The first-order chi connectivity index (χ1) is 15.1. The summed E-state index contributed by atoms with van der Waals surface area (Å²) in [6, 6.07) is -1.88. The summed E-state index contributed by atoms with van der Waals surface area (Å²) in [7, 11) is 4.96. The first kappa shape index (κ1) is 30.1. The molecule has 14 nitrogen and oxygen atoms in total. The predicted molar refractivity (Wildman–Crippen MR) is 126 cm³/mol. The Bertz CT molecular complexity index is 630. The van der Waals surface area contributed by atoms with Gasteiger partial charge in [0, 0.05) is 11.5 Å². The van der Waals surface area contributed by atoms with E-state index in [-0.39, 0.29) is 37.7 Å². The quantitative estimate of drug-likeness (QED) is 0.0657. The highest BCUT2D eigenvalue weighted by Gasteiger charge is 2.22. The highest BCUT2D eigenvalue weighted by atomic mass is 33.7. The normalized spacial score (nSPS) is 12.2. The van der Waals surface area contributed by atoms with Crippen LogP contribution in [0.3, 0.4) is 0 Å². The molecule has 0 unspecified atom stereocenters. The van der Waals surface area contributed by atoms with Gasteiger partial charge in [0.25, 0.3) is 0 Å². The molecule has 2 atom stereocenters. The average molecular weight is 531 g/mol. The van der Waals surface area contributed by atoms with E-state index in [0.29, 0.717) is 0 Å². The van der Waals surface area contributed by atoms with Gasteiger partial charge < -0.3 is 44.2 Å². The Morgan fingerprint density at radius 3 is 1.28 bits per heavy atom. The van der Waals surface area contributed by atoms with Gasteiger partial charge in [-0.05, 0) is 19.7 Å². The van der Waals surface area contributed by atoms with Crippen molar-refractivity contribution in [2.24, 2.45) is 22.9 Å². The SMILES string of the molecule is NCC(=O)N[C@@H](CSSSSC[C@H](NC(=O)CN)C(=O)NCC(N)=O)C(=O)NCC(N)=O. The lowest BCUT2D eigenvalue weighted by atomic mass is 10.3. The van der Waals surface area contributed by atoms with Gasteiger partial charge in [0.05, 0.1) is 26.2 Å². The lowest BCUT2D eigenvalue weighted by molar-refractivity contribution is -0.129. The molecule has 0 spiro atoms. The fraction of sp³-hybridized carbons (Fsp3) is 0.571. The summed E-state index contributed by atoms with van der Waals surface area (Å²) in [6.07, 6.45) is 0. The van der Waals surface area contributed by atoms with Gasteiger partial charge in [-0.3, -0.25) is 28.8 Å². The van der Waals surface area contributed by atoms with Crippen LogP contribution in [-0.4, -0.2) is 85.2 Å². The Hall–Kier alpha value is -1.86. The maximum absolute atomic E-state index is 12.1. The molecule has 0 aromatic rings. The van der Waals surface area contributed by atoms with E-state index >= 15 is 0 Å². The summed E-state index contributed by atoms with van der Waals surface area (Å²) in [6.45, 7) is -1.36. The smallest absolute Gasteiger partial charge is 0.243 e. The number of carbonyl (C=O) groups excluding carboxylic acids is 6. The van der Waals surface area contributed by atoms with Gasteiger partial charge in [-0.2, -0.15) is 0 Å². The Morgan fingerprint density at radius 2 is 1.00 bits per heavy atom. The van der Waals surface area contributed by atoms with Gasteiger partial charge in [-0.25, -0.2) is 0 Å². The molecular formula is C14H26N8O6S4. The van der Waals surface area contributed by atoms with E-state index in [4.69, 9.17) is 22.9 Å². The highest BCUT2D eigenvalue weighted by molar-refractivity contribution is 9.26. The van der Waals surface area contributed by atoms with E-state index in [0.717, 1.165) is 0 Å². The fourth-order valence-corrected chi connectivity index (χ4v) is 7.84. The number of primary amides is 2. The molecule has 0 bridgehead atoms. The summed E-state index contributed by atoms with van der Waals surface area (Å²) in [5.74, 6) is -3.42. The van der Waals surface area contributed by atoms with Crippen LogP contribution < -0.4 is 44.2 Å².